The lowest BCUT2D eigenvalue weighted by molar-refractivity contribution is -0.113. The van der Waals surface area contributed by atoms with E-state index in [1.165, 1.54) is 44.4 Å². The number of ether oxygens (including phenoxy) is 4. The van der Waals surface area contributed by atoms with Gasteiger partial charge in [0.1, 0.15) is 5.00 Å². The van der Waals surface area contributed by atoms with E-state index in [2.05, 4.69) is 22.1 Å². The molecule has 0 aliphatic carbocycles. The van der Waals surface area contributed by atoms with Gasteiger partial charge in [-0.3, -0.25) is 9.36 Å². The molecule has 0 aliphatic rings. The number of esters is 1. The summed E-state index contributed by atoms with van der Waals surface area (Å²) in [5.74, 6) is 1.30. The fraction of sp³-hybridized carbons (Fsp3) is 0.333. The second-order valence-corrected chi connectivity index (χ2v) is 9.48. The van der Waals surface area contributed by atoms with Crippen LogP contribution in [-0.2, 0) is 16.1 Å². The minimum Gasteiger partial charge on any atom is -0.493 e. The van der Waals surface area contributed by atoms with Crippen LogP contribution in [0.3, 0.4) is 0 Å². The monoisotopic (exact) mass is 532 g/mol. The summed E-state index contributed by atoms with van der Waals surface area (Å²) in [5, 5.41) is 12.4. The number of hydrogen-bond donors (Lipinski definition) is 1. The number of rotatable bonds is 12. The van der Waals surface area contributed by atoms with E-state index >= 15 is 0 Å². The van der Waals surface area contributed by atoms with E-state index in [1.807, 2.05) is 11.5 Å². The van der Waals surface area contributed by atoms with Crippen LogP contribution in [0.15, 0.2) is 36.0 Å². The first-order chi connectivity index (χ1) is 17.4. The van der Waals surface area contributed by atoms with Gasteiger partial charge in [-0.25, -0.2) is 4.79 Å². The van der Waals surface area contributed by atoms with E-state index < -0.39 is 5.97 Å². The molecule has 1 aromatic carbocycles. The molecule has 0 bridgehead atoms. The number of aryl methyl sites for hydroxylation is 1. The average Bonchev–Trinajstić information content (AvgIpc) is 3.44. The van der Waals surface area contributed by atoms with Crippen LogP contribution in [0.4, 0.5) is 5.00 Å². The van der Waals surface area contributed by atoms with Crippen LogP contribution in [0, 0.1) is 6.92 Å². The molecule has 1 amide bonds. The van der Waals surface area contributed by atoms with Crippen molar-refractivity contribution in [3.8, 4) is 28.6 Å². The van der Waals surface area contributed by atoms with Crippen molar-refractivity contribution < 1.29 is 28.5 Å². The number of thioether (sulfide) groups is 1. The number of nitrogens with one attached hydrogen (secondary N) is 1. The predicted octanol–water partition coefficient (Wildman–Crippen LogP) is 4.43. The number of carbonyl (C=O) groups excluding carboxylic acids is 2. The lowest BCUT2D eigenvalue weighted by atomic mass is 10.1. The summed E-state index contributed by atoms with van der Waals surface area (Å²) in [4.78, 5) is 25.8. The van der Waals surface area contributed by atoms with Crippen LogP contribution in [0.2, 0.25) is 0 Å². The lowest BCUT2D eigenvalue weighted by Gasteiger charge is -2.14. The summed E-state index contributed by atoms with van der Waals surface area (Å²) in [7, 11) is 4.61. The molecule has 0 atom stereocenters. The zero-order valence-corrected chi connectivity index (χ0v) is 22.4. The molecule has 0 fully saturated rings. The third-order valence-corrected chi connectivity index (χ3v) is 6.82. The maximum absolute atomic E-state index is 12.7. The second-order valence-electron chi connectivity index (χ2n) is 7.28. The molecular formula is C24H28N4O6S2. The van der Waals surface area contributed by atoms with Gasteiger partial charge < -0.3 is 24.3 Å². The highest BCUT2D eigenvalue weighted by Gasteiger charge is 2.21. The van der Waals surface area contributed by atoms with Gasteiger partial charge in [0.05, 0.1) is 39.3 Å². The highest BCUT2D eigenvalue weighted by molar-refractivity contribution is 7.99. The van der Waals surface area contributed by atoms with Gasteiger partial charge in [0.25, 0.3) is 0 Å². The van der Waals surface area contributed by atoms with Crippen molar-refractivity contribution in [2.75, 3.05) is 39.0 Å². The number of hydrogen-bond acceptors (Lipinski definition) is 10. The van der Waals surface area contributed by atoms with Gasteiger partial charge in [-0.2, -0.15) is 0 Å². The van der Waals surface area contributed by atoms with Gasteiger partial charge in [-0.05, 0) is 32.0 Å². The Bertz CT molecular complexity index is 1230. The number of benzene rings is 1. The van der Waals surface area contributed by atoms with Crippen LogP contribution in [0.25, 0.3) is 11.4 Å². The molecule has 2 aromatic heterocycles. The van der Waals surface area contributed by atoms with Gasteiger partial charge in [0.15, 0.2) is 22.5 Å². The largest absolute Gasteiger partial charge is 0.493 e. The van der Waals surface area contributed by atoms with Gasteiger partial charge >= 0.3 is 5.97 Å². The number of allylic oxidation sites excluding steroid dienone is 1. The Labute approximate surface area is 217 Å². The first-order valence-electron chi connectivity index (χ1n) is 10.9. The van der Waals surface area contributed by atoms with Gasteiger partial charge in [0.2, 0.25) is 11.7 Å². The van der Waals surface area contributed by atoms with Gasteiger partial charge in [-0.1, -0.05) is 17.8 Å². The summed E-state index contributed by atoms with van der Waals surface area (Å²) in [5.41, 5.74) is 1.04. The molecule has 36 heavy (non-hydrogen) atoms. The van der Waals surface area contributed by atoms with Crippen LogP contribution < -0.4 is 19.5 Å². The Morgan fingerprint density at radius 2 is 1.83 bits per heavy atom. The third-order valence-electron chi connectivity index (χ3n) is 4.89. The first-order valence-corrected chi connectivity index (χ1v) is 12.7. The van der Waals surface area contributed by atoms with Crippen LogP contribution in [0.5, 0.6) is 17.2 Å². The quantitative estimate of drug-likeness (QED) is 0.205. The van der Waals surface area contributed by atoms with Crippen molar-refractivity contribution >= 4 is 40.0 Å². The number of thiophene rings is 1. The van der Waals surface area contributed by atoms with E-state index in [4.69, 9.17) is 18.9 Å². The molecule has 192 valence electrons. The molecule has 0 saturated heterocycles. The fourth-order valence-electron chi connectivity index (χ4n) is 3.37. The van der Waals surface area contributed by atoms with E-state index in [1.54, 1.807) is 31.2 Å². The zero-order valence-electron chi connectivity index (χ0n) is 20.7. The molecule has 0 aliphatic heterocycles. The maximum atomic E-state index is 12.7. The molecule has 0 radical (unpaired) electrons. The number of carbonyl (C=O) groups is 2. The van der Waals surface area contributed by atoms with Crippen molar-refractivity contribution in [3.05, 3.63) is 41.3 Å². The minimum absolute atomic E-state index is 0.0593. The topological polar surface area (TPSA) is 114 Å². The molecule has 3 rings (SSSR count). The molecule has 3 aromatic rings. The summed E-state index contributed by atoms with van der Waals surface area (Å²) in [6, 6.07) is 5.26. The van der Waals surface area contributed by atoms with Crippen molar-refractivity contribution in [1.29, 1.82) is 0 Å². The van der Waals surface area contributed by atoms with Gasteiger partial charge in [-0.15, -0.1) is 28.1 Å². The Balaban J connectivity index is 1.82. The van der Waals surface area contributed by atoms with E-state index in [0.29, 0.717) is 50.9 Å². The normalized spacial score (nSPS) is 10.6. The molecule has 10 nitrogen and oxygen atoms in total. The van der Waals surface area contributed by atoms with E-state index in [-0.39, 0.29) is 18.3 Å². The van der Waals surface area contributed by atoms with Crippen molar-refractivity contribution in [1.82, 2.24) is 14.8 Å². The Hall–Kier alpha value is -3.51. The summed E-state index contributed by atoms with van der Waals surface area (Å²) < 4.78 is 23.2. The first kappa shape index (κ1) is 27.1. The molecule has 2 heterocycles. The van der Waals surface area contributed by atoms with Crippen LogP contribution >= 0.6 is 23.1 Å². The number of nitrogens with zero attached hydrogens (tertiary/aromatic N) is 3. The van der Waals surface area contributed by atoms with Crippen LogP contribution in [0.1, 0.15) is 22.2 Å². The fourth-order valence-corrected chi connectivity index (χ4v) is 5.04. The second kappa shape index (κ2) is 12.5. The molecular weight excluding hydrogens is 504 g/mol. The van der Waals surface area contributed by atoms with Crippen molar-refractivity contribution in [3.63, 3.8) is 0 Å². The predicted molar refractivity (Wildman–Crippen MR) is 140 cm³/mol. The number of aromatic nitrogens is 3. The van der Waals surface area contributed by atoms with E-state index in [0.717, 1.165) is 4.88 Å². The summed E-state index contributed by atoms with van der Waals surface area (Å²) >= 11 is 2.54. The zero-order chi connectivity index (χ0) is 26.2. The highest BCUT2D eigenvalue weighted by atomic mass is 32.2. The maximum Gasteiger partial charge on any atom is 0.341 e. The van der Waals surface area contributed by atoms with Crippen molar-refractivity contribution in [2.45, 2.75) is 25.5 Å². The molecule has 0 unspecified atom stereocenters. The standard InChI is InChI=1S/C24H28N4O6S2/c1-7-9-28-21(15-11-17(31-4)20(33-6)18(12-15)32-5)26-27-24(28)35-13-19(29)25-22-16(10-14(3)36-22)23(30)34-8-2/h7,10-12H,1,8-9,13H2,2-6H3,(H,25,29). The molecule has 0 spiro atoms. The summed E-state index contributed by atoms with van der Waals surface area (Å²) in [6.45, 7) is 8.09. The number of anilines is 1. The smallest absolute Gasteiger partial charge is 0.341 e. The SMILES string of the molecule is C=CCn1c(SCC(=O)Nc2sc(C)cc2C(=O)OCC)nnc1-c1cc(OC)c(OC)c(OC)c1. The van der Waals surface area contributed by atoms with Crippen molar-refractivity contribution in [2.24, 2.45) is 0 Å². The Kier molecular flexibility index (Phi) is 9.37. The number of methoxy groups -OCH3 is 3. The highest BCUT2D eigenvalue weighted by Crippen LogP contribution is 2.41. The van der Waals surface area contributed by atoms with Crippen LogP contribution in [-0.4, -0.2) is 60.3 Å². The minimum atomic E-state index is -0.467. The summed E-state index contributed by atoms with van der Waals surface area (Å²) in [6.07, 6.45) is 1.72. The average molecular weight is 533 g/mol. The third kappa shape index (κ3) is 6.00. The lowest BCUT2D eigenvalue weighted by Crippen LogP contribution is -2.16. The van der Waals surface area contributed by atoms with E-state index in [9.17, 15) is 9.59 Å². The number of amides is 1. The molecule has 12 heteroatoms. The Morgan fingerprint density at radius 1 is 1.14 bits per heavy atom. The Morgan fingerprint density at radius 3 is 2.42 bits per heavy atom. The van der Waals surface area contributed by atoms with Gasteiger partial charge in [0, 0.05) is 17.0 Å². The molecule has 0 saturated carbocycles. The molecule has 1 N–H and O–H groups in total.